The van der Waals surface area contributed by atoms with Crippen LogP contribution in [0.3, 0.4) is 0 Å². The molecule has 0 unspecified atom stereocenters. The smallest absolute Gasteiger partial charge is 0.254 e. The summed E-state index contributed by atoms with van der Waals surface area (Å²) in [6.45, 7) is 1.95. The molecule has 1 aromatic heterocycles. The minimum absolute atomic E-state index is 0.0502. The topological polar surface area (TPSA) is 55.2 Å². The van der Waals surface area contributed by atoms with Crippen LogP contribution in [0.1, 0.15) is 5.56 Å². The second kappa shape index (κ2) is 7.13. The SMILES string of the molecule is Cc1ccc(-c2cc(=O)n(CC(=O)N(C)c3ccccc3)cn2)cc1. The van der Waals surface area contributed by atoms with E-state index in [2.05, 4.69) is 4.98 Å². The lowest BCUT2D eigenvalue weighted by Gasteiger charge is -2.17. The first-order chi connectivity index (χ1) is 12.0. The number of hydrogen-bond donors (Lipinski definition) is 0. The van der Waals surface area contributed by atoms with Gasteiger partial charge in [0.15, 0.2) is 0 Å². The van der Waals surface area contributed by atoms with Crippen molar-refractivity contribution in [1.82, 2.24) is 9.55 Å². The Morgan fingerprint density at radius 3 is 2.40 bits per heavy atom. The van der Waals surface area contributed by atoms with Crippen LogP contribution in [0.2, 0.25) is 0 Å². The maximum absolute atomic E-state index is 12.4. The Labute approximate surface area is 146 Å². The maximum atomic E-state index is 12.4. The van der Waals surface area contributed by atoms with E-state index in [9.17, 15) is 9.59 Å². The van der Waals surface area contributed by atoms with Gasteiger partial charge < -0.3 is 4.90 Å². The number of aryl methyl sites for hydroxylation is 1. The van der Waals surface area contributed by atoms with E-state index in [0.29, 0.717) is 5.69 Å². The molecule has 2 aromatic carbocycles. The number of likely N-dealkylation sites (N-methyl/N-ethyl adjacent to an activating group) is 1. The fourth-order valence-corrected chi connectivity index (χ4v) is 2.47. The molecule has 0 N–H and O–H groups in total. The highest BCUT2D eigenvalue weighted by Gasteiger charge is 2.12. The lowest BCUT2D eigenvalue weighted by Crippen LogP contribution is -2.33. The fourth-order valence-electron chi connectivity index (χ4n) is 2.47. The first-order valence-electron chi connectivity index (χ1n) is 8.00. The Hall–Kier alpha value is -3.21. The largest absolute Gasteiger partial charge is 0.314 e. The molecule has 1 heterocycles. The molecule has 0 aliphatic rings. The van der Waals surface area contributed by atoms with Crippen molar-refractivity contribution in [3.05, 3.63) is 82.9 Å². The van der Waals surface area contributed by atoms with Gasteiger partial charge in [0.05, 0.1) is 12.0 Å². The van der Waals surface area contributed by atoms with Crippen LogP contribution in [0, 0.1) is 6.92 Å². The third-order valence-corrected chi connectivity index (χ3v) is 4.05. The zero-order valence-corrected chi connectivity index (χ0v) is 14.2. The molecule has 1 amide bonds. The van der Waals surface area contributed by atoms with Gasteiger partial charge >= 0.3 is 0 Å². The lowest BCUT2D eigenvalue weighted by atomic mass is 10.1. The van der Waals surface area contributed by atoms with E-state index in [-0.39, 0.29) is 18.0 Å². The standard InChI is InChI=1S/C20H19N3O2/c1-15-8-10-16(11-9-15)18-12-19(24)23(14-21-18)13-20(25)22(2)17-6-4-3-5-7-17/h3-12,14H,13H2,1-2H3. The molecule has 5 heteroatoms. The minimum Gasteiger partial charge on any atom is -0.314 e. The molecule has 0 aliphatic heterocycles. The highest BCUT2D eigenvalue weighted by Crippen LogP contribution is 2.15. The highest BCUT2D eigenvalue weighted by atomic mass is 16.2. The summed E-state index contributed by atoms with van der Waals surface area (Å²) in [6, 6.07) is 18.6. The zero-order valence-electron chi connectivity index (χ0n) is 14.2. The molecule has 25 heavy (non-hydrogen) atoms. The Balaban J connectivity index is 1.78. The number of para-hydroxylation sites is 1. The average Bonchev–Trinajstić information content (AvgIpc) is 2.64. The van der Waals surface area contributed by atoms with Crippen molar-refractivity contribution in [3.63, 3.8) is 0 Å². The lowest BCUT2D eigenvalue weighted by molar-refractivity contribution is -0.118. The van der Waals surface area contributed by atoms with E-state index in [1.54, 1.807) is 7.05 Å². The predicted octanol–water partition coefficient (Wildman–Crippen LogP) is 2.88. The van der Waals surface area contributed by atoms with Crippen LogP contribution in [-0.2, 0) is 11.3 Å². The summed E-state index contributed by atoms with van der Waals surface area (Å²) >= 11 is 0. The Morgan fingerprint density at radius 1 is 1.08 bits per heavy atom. The van der Waals surface area contributed by atoms with Crippen LogP contribution in [-0.4, -0.2) is 22.5 Å². The summed E-state index contributed by atoms with van der Waals surface area (Å²) in [6.07, 6.45) is 1.42. The summed E-state index contributed by atoms with van der Waals surface area (Å²) in [4.78, 5) is 30.6. The molecule has 126 valence electrons. The molecule has 0 aliphatic carbocycles. The van der Waals surface area contributed by atoms with Crippen molar-refractivity contribution >= 4 is 11.6 Å². The number of anilines is 1. The molecule has 0 radical (unpaired) electrons. The molecule has 0 spiro atoms. The quantitative estimate of drug-likeness (QED) is 0.738. The molecule has 3 aromatic rings. The van der Waals surface area contributed by atoms with E-state index >= 15 is 0 Å². The normalized spacial score (nSPS) is 10.5. The number of carbonyl (C=O) groups is 1. The number of carbonyl (C=O) groups excluding carboxylic acids is 1. The van der Waals surface area contributed by atoms with E-state index < -0.39 is 0 Å². The van der Waals surface area contributed by atoms with Crippen LogP contribution in [0.5, 0.6) is 0 Å². The summed E-state index contributed by atoms with van der Waals surface area (Å²) in [5.41, 5.74) is 3.16. The van der Waals surface area contributed by atoms with E-state index in [4.69, 9.17) is 0 Å². The Bertz CT molecular complexity index is 931. The molecule has 0 bridgehead atoms. The van der Waals surface area contributed by atoms with Gasteiger partial charge in [0.2, 0.25) is 5.91 Å². The van der Waals surface area contributed by atoms with Crippen molar-refractivity contribution in [2.75, 3.05) is 11.9 Å². The van der Waals surface area contributed by atoms with Crippen molar-refractivity contribution in [3.8, 4) is 11.3 Å². The van der Waals surface area contributed by atoms with E-state index in [1.807, 2.05) is 61.5 Å². The fraction of sp³-hybridized carbons (Fsp3) is 0.150. The number of rotatable bonds is 4. The third kappa shape index (κ3) is 3.83. The van der Waals surface area contributed by atoms with Crippen molar-refractivity contribution in [2.45, 2.75) is 13.5 Å². The minimum atomic E-state index is -0.250. The number of benzene rings is 2. The van der Waals surface area contributed by atoms with Crippen LogP contribution >= 0.6 is 0 Å². The van der Waals surface area contributed by atoms with Gasteiger partial charge in [-0.1, -0.05) is 48.0 Å². The van der Waals surface area contributed by atoms with Gasteiger partial charge in [-0.2, -0.15) is 0 Å². The van der Waals surface area contributed by atoms with Gasteiger partial charge in [0.1, 0.15) is 6.54 Å². The average molecular weight is 333 g/mol. The summed E-state index contributed by atoms with van der Waals surface area (Å²) in [5, 5.41) is 0. The molecular formula is C20H19N3O2. The van der Waals surface area contributed by atoms with Crippen molar-refractivity contribution in [1.29, 1.82) is 0 Å². The molecule has 0 atom stereocenters. The number of aromatic nitrogens is 2. The van der Waals surface area contributed by atoms with Gasteiger partial charge in [-0.15, -0.1) is 0 Å². The summed E-state index contributed by atoms with van der Waals surface area (Å²) in [5.74, 6) is -0.182. The number of nitrogens with zero attached hydrogens (tertiary/aromatic N) is 3. The zero-order chi connectivity index (χ0) is 17.8. The van der Waals surface area contributed by atoms with Gasteiger partial charge in [0.25, 0.3) is 5.56 Å². The van der Waals surface area contributed by atoms with Gasteiger partial charge in [0, 0.05) is 24.4 Å². The highest BCUT2D eigenvalue weighted by molar-refractivity contribution is 5.92. The van der Waals surface area contributed by atoms with E-state index in [1.165, 1.54) is 21.9 Å². The molecule has 5 nitrogen and oxygen atoms in total. The first kappa shape index (κ1) is 16.6. The van der Waals surface area contributed by atoms with Crippen LogP contribution < -0.4 is 10.5 Å². The molecule has 0 fully saturated rings. The van der Waals surface area contributed by atoms with Crippen molar-refractivity contribution in [2.24, 2.45) is 0 Å². The third-order valence-electron chi connectivity index (χ3n) is 4.05. The maximum Gasteiger partial charge on any atom is 0.254 e. The van der Waals surface area contributed by atoms with Crippen molar-refractivity contribution < 1.29 is 4.79 Å². The van der Waals surface area contributed by atoms with E-state index in [0.717, 1.165) is 16.8 Å². The second-order valence-electron chi connectivity index (χ2n) is 5.89. The van der Waals surface area contributed by atoms with Crippen LogP contribution in [0.15, 0.2) is 71.8 Å². The summed E-state index contributed by atoms with van der Waals surface area (Å²) in [7, 11) is 1.69. The Kier molecular flexibility index (Phi) is 4.75. The molecule has 0 saturated heterocycles. The second-order valence-corrected chi connectivity index (χ2v) is 5.89. The van der Waals surface area contributed by atoms with Gasteiger partial charge in [-0.25, -0.2) is 4.98 Å². The monoisotopic (exact) mass is 333 g/mol. The predicted molar refractivity (Wildman–Crippen MR) is 98.5 cm³/mol. The van der Waals surface area contributed by atoms with Crippen LogP contribution in [0.25, 0.3) is 11.3 Å². The molecule has 0 saturated carbocycles. The van der Waals surface area contributed by atoms with Gasteiger partial charge in [-0.05, 0) is 19.1 Å². The molecular weight excluding hydrogens is 314 g/mol. The number of amides is 1. The summed E-state index contributed by atoms with van der Waals surface area (Å²) < 4.78 is 1.32. The number of hydrogen-bond acceptors (Lipinski definition) is 3. The van der Waals surface area contributed by atoms with Gasteiger partial charge in [-0.3, -0.25) is 14.2 Å². The Morgan fingerprint density at radius 2 is 1.76 bits per heavy atom. The van der Waals surface area contributed by atoms with Crippen LogP contribution in [0.4, 0.5) is 5.69 Å². The first-order valence-corrected chi connectivity index (χ1v) is 8.00. The molecule has 3 rings (SSSR count).